The van der Waals surface area contributed by atoms with Gasteiger partial charge in [0.15, 0.2) is 0 Å². The largest absolute Gasteiger partial charge is 0.341 e. The Morgan fingerprint density at radius 2 is 1.78 bits per heavy atom. The van der Waals surface area contributed by atoms with Crippen molar-refractivity contribution in [3.8, 4) is 11.4 Å². The van der Waals surface area contributed by atoms with Crippen LogP contribution in [-0.4, -0.2) is 9.97 Å². The van der Waals surface area contributed by atoms with Crippen molar-refractivity contribution in [2.24, 2.45) is 5.92 Å². The number of aryl methyl sites for hydroxylation is 1. The molecule has 2 nitrogen and oxygen atoms in total. The first-order valence-corrected chi connectivity index (χ1v) is 6.27. The third kappa shape index (κ3) is 3.27. The molecule has 1 aromatic carbocycles. The summed E-state index contributed by atoms with van der Waals surface area (Å²) in [5, 5.41) is -0.0123. The van der Waals surface area contributed by atoms with E-state index in [1.165, 1.54) is 5.56 Å². The van der Waals surface area contributed by atoms with Gasteiger partial charge in [-0.05, 0) is 12.8 Å². The maximum Gasteiger partial charge on any atom is 0.137 e. The van der Waals surface area contributed by atoms with Crippen LogP contribution in [0.3, 0.4) is 0 Å². The monoisotopic (exact) mass is 284 g/mol. The number of hydrogen-bond acceptors (Lipinski definition) is 1. The van der Waals surface area contributed by atoms with Crippen LogP contribution in [0.2, 0.25) is 0 Å². The molecular weight excluding hydrogens is 267 g/mol. The molecule has 0 aliphatic rings. The van der Waals surface area contributed by atoms with Crippen LogP contribution in [0.15, 0.2) is 30.5 Å². The summed E-state index contributed by atoms with van der Waals surface area (Å²) in [5.74, 6) is 1.27. The van der Waals surface area contributed by atoms with Gasteiger partial charge in [-0.3, -0.25) is 0 Å². The number of benzene rings is 1. The molecular formula is C14H18Cl2N2. The molecule has 0 amide bonds. The molecule has 2 aromatic rings. The van der Waals surface area contributed by atoms with Gasteiger partial charge in [0.05, 0.1) is 17.3 Å². The van der Waals surface area contributed by atoms with E-state index in [-0.39, 0.29) is 17.8 Å². The number of hydrogen-bond donors (Lipinski definition) is 1. The number of H-pyrrole nitrogens is 1. The number of rotatable bonds is 3. The van der Waals surface area contributed by atoms with Gasteiger partial charge in [0.1, 0.15) is 5.82 Å². The Bertz CT molecular complexity index is 489. The van der Waals surface area contributed by atoms with Crippen LogP contribution in [0.1, 0.15) is 30.5 Å². The van der Waals surface area contributed by atoms with Crippen LogP contribution in [0.4, 0.5) is 0 Å². The Morgan fingerprint density at radius 1 is 1.17 bits per heavy atom. The Morgan fingerprint density at radius 3 is 2.33 bits per heavy atom. The minimum absolute atomic E-state index is 0. The van der Waals surface area contributed by atoms with Crippen LogP contribution in [0.5, 0.6) is 0 Å². The van der Waals surface area contributed by atoms with E-state index in [4.69, 9.17) is 11.6 Å². The zero-order valence-corrected chi connectivity index (χ0v) is 12.3. The van der Waals surface area contributed by atoms with Crippen molar-refractivity contribution >= 4 is 24.0 Å². The van der Waals surface area contributed by atoms with Crippen LogP contribution >= 0.6 is 24.0 Å². The molecule has 0 saturated carbocycles. The summed E-state index contributed by atoms with van der Waals surface area (Å²) in [6.07, 6.45) is 1.83. The number of nitrogens with one attached hydrogen (secondary N) is 1. The molecule has 0 aliphatic carbocycles. The Balaban J connectivity index is 0.00000162. The summed E-state index contributed by atoms with van der Waals surface area (Å²) >= 11 is 6.30. The first-order valence-electron chi connectivity index (χ1n) is 5.84. The number of halogens is 2. The predicted octanol–water partition coefficient (Wildman–Crippen LogP) is 4.74. The van der Waals surface area contributed by atoms with E-state index < -0.39 is 0 Å². The number of nitrogens with zero attached hydrogens (tertiary/aromatic N) is 1. The molecule has 1 aromatic heterocycles. The molecule has 0 fully saturated rings. The Labute approximate surface area is 119 Å². The van der Waals surface area contributed by atoms with E-state index in [1.54, 1.807) is 0 Å². The topological polar surface area (TPSA) is 28.7 Å². The summed E-state index contributed by atoms with van der Waals surface area (Å²) < 4.78 is 0. The minimum Gasteiger partial charge on any atom is -0.341 e. The molecule has 1 atom stereocenters. The lowest BCUT2D eigenvalue weighted by molar-refractivity contribution is 0.614. The van der Waals surface area contributed by atoms with Crippen molar-refractivity contribution < 1.29 is 0 Å². The normalized spacial score (nSPS) is 12.3. The maximum atomic E-state index is 6.30. The first-order chi connectivity index (χ1) is 8.08. The van der Waals surface area contributed by atoms with E-state index in [2.05, 4.69) is 55.0 Å². The molecule has 2 rings (SSSR count). The molecule has 0 spiro atoms. The molecule has 0 bridgehead atoms. The standard InChI is InChI=1S/C14H17ClN2.ClH/c1-9(2)13(15)12-8-16-14(17-12)11-6-4-10(3)5-7-11;/h4-9,13H,1-3H3,(H,16,17);1H. The van der Waals surface area contributed by atoms with Gasteiger partial charge in [-0.15, -0.1) is 24.0 Å². The van der Waals surface area contributed by atoms with E-state index >= 15 is 0 Å². The van der Waals surface area contributed by atoms with Gasteiger partial charge in [0.25, 0.3) is 0 Å². The van der Waals surface area contributed by atoms with Gasteiger partial charge in [0.2, 0.25) is 0 Å². The lowest BCUT2D eigenvalue weighted by Crippen LogP contribution is -1.99. The highest BCUT2D eigenvalue weighted by molar-refractivity contribution is 6.20. The average molecular weight is 285 g/mol. The zero-order valence-electron chi connectivity index (χ0n) is 10.8. The van der Waals surface area contributed by atoms with Crippen LogP contribution in [-0.2, 0) is 0 Å². The lowest BCUT2D eigenvalue weighted by atomic mass is 10.1. The zero-order chi connectivity index (χ0) is 12.4. The third-order valence-corrected chi connectivity index (χ3v) is 3.54. The highest BCUT2D eigenvalue weighted by Crippen LogP contribution is 2.28. The lowest BCUT2D eigenvalue weighted by Gasteiger charge is -2.10. The van der Waals surface area contributed by atoms with E-state index in [1.807, 2.05) is 6.20 Å². The fraction of sp³-hybridized carbons (Fsp3) is 0.357. The Hall–Kier alpha value is -0.990. The van der Waals surface area contributed by atoms with Crippen LogP contribution in [0, 0.1) is 12.8 Å². The van der Waals surface area contributed by atoms with Crippen LogP contribution in [0.25, 0.3) is 11.4 Å². The van der Waals surface area contributed by atoms with E-state index in [0.717, 1.165) is 17.1 Å². The quantitative estimate of drug-likeness (QED) is 0.810. The summed E-state index contributed by atoms with van der Waals surface area (Å²) in [6.45, 7) is 6.28. The average Bonchev–Trinajstić information content (AvgIpc) is 2.78. The smallest absolute Gasteiger partial charge is 0.137 e. The highest BCUT2D eigenvalue weighted by Gasteiger charge is 2.15. The number of aromatic nitrogens is 2. The van der Waals surface area contributed by atoms with Crippen molar-refractivity contribution in [2.75, 3.05) is 0 Å². The second kappa shape index (κ2) is 6.26. The second-order valence-electron chi connectivity index (χ2n) is 4.70. The van der Waals surface area contributed by atoms with Gasteiger partial charge < -0.3 is 4.98 Å². The summed E-state index contributed by atoms with van der Waals surface area (Å²) in [6, 6.07) is 8.30. The second-order valence-corrected chi connectivity index (χ2v) is 5.17. The van der Waals surface area contributed by atoms with Crippen molar-refractivity contribution in [3.05, 3.63) is 41.7 Å². The highest BCUT2D eigenvalue weighted by atomic mass is 35.5. The maximum absolute atomic E-state index is 6.30. The predicted molar refractivity (Wildman–Crippen MR) is 79.4 cm³/mol. The van der Waals surface area contributed by atoms with Crippen LogP contribution < -0.4 is 0 Å². The number of aromatic amines is 1. The van der Waals surface area contributed by atoms with Crippen molar-refractivity contribution in [1.29, 1.82) is 0 Å². The molecule has 98 valence electrons. The minimum atomic E-state index is -0.0123. The summed E-state index contributed by atoms with van der Waals surface area (Å²) in [4.78, 5) is 7.67. The molecule has 0 aliphatic heterocycles. The van der Waals surface area contributed by atoms with Gasteiger partial charge >= 0.3 is 0 Å². The fourth-order valence-corrected chi connectivity index (χ4v) is 1.80. The fourth-order valence-electron chi connectivity index (χ4n) is 1.69. The van der Waals surface area contributed by atoms with Gasteiger partial charge in [-0.1, -0.05) is 43.7 Å². The molecule has 1 N–H and O–H groups in total. The van der Waals surface area contributed by atoms with Crippen molar-refractivity contribution in [2.45, 2.75) is 26.1 Å². The summed E-state index contributed by atoms with van der Waals surface area (Å²) in [7, 11) is 0. The first kappa shape index (κ1) is 15.1. The molecule has 0 radical (unpaired) electrons. The molecule has 1 heterocycles. The summed E-state index contributed by atoms with van der Waals surface area (Å²) in [5.41, 5.74) is 3.32. The van der Waals surface area contributed by atoms with Gasteiger partial charge in [-0.2, -0.15) is 0 Å². The van der Waals surface area contributed by atoms with E-state index in [0.29, 0.717) is 5.92 Å². The SMILES string of the molecule is Cc1ccc(-c2ncc(C(Cl)C(C)C)[nH]2)cc1.Cl. The molecule has 18 heavy (non-hydrogen) atoms. The van der Waals surface area contributed by atoms with Gasteiger partial charge in [-0.25, -0.2) is 4.98 Å². The third-order valence-electron chi connectivity index (χ3n) is 2.80. The molecule has 4 heteroatoms. The van der Waals surface area contributed by atoms with Crippen molar-refractivity contribution in [3.63, 3.8) is 0 Å². The van der Waals surface area contributed by atoms with Crippen molar-refractivity contribution in [1.82, 2.24) is 9.97 Å². The Kier molecular flexibility index (Phi) is 5.24. The van der Waals surface area contributed by atoms with E-state index in [9.17, 15) is 0 Å². The molecule has 1 unspecified atom stereocenters. The molecule has 0 saturated heterocycles. The number of alkyl halides is 1. The van der Waals surface area contributed by atoms with Gasteiger partial charge in [0, 0.05) is 5.56 Å². The number of imidazole rings is 1.